The number of hydrogen-bond acceptors (Lipinski definition) is 4. The van der Waals surface area contributed by atoms with Crippen LogP contribution in [-0.2, 0) is 26.2 Å². The van der Waals surface area contributed by atoms with E-state index in [1.165, 1.54) is 17.0 Å². The monoisotopic (exact) mass is 629 g/mol. The third kappa shape index (κ3) is 8.80. The molecular formula is C24H28Cl5N3O4S. The van der Waals surface area contributed by atoms with E-state index in [4.69, 9.17) is 58.0 Å². The van der Waals surface area contributed by atoms with Crippen molar-refractivity contribution in [2.24, 2.45) is 5.92 Å². The highest BCUT2D eigenvalue weighted by Crippen LogP contribution is 2.35. The topological polar surface area (TPSA) is 86.8 Å². The number of nitrogens with one attached hydrogen (secondary N) is 1. The molecule has 2 rings (SSSR count). The molecule has 0 saturated carbocycles. The van der Waals surface area contributed by atoms with E-state index in [2.05, 4.69) is 5.32 Å². The molecule has 1 atom stereocenters. The molecule has 0 aliphatic carbocycles. The summed E-state index contributed by atoms with van der Waals surface area (Å²) in [5.41, 5.74) is 0.593. The smallest absolute Gasteiger partial charge is 0.244 e. The molecule has 0 aliphatic rings. The number of carbonyl (C=O) groups excluding carboxylic acids is 2. The molecular weight excluding hydrogens is 604 g/mol. The second kappa shape index (κ2) is 13.6. The van der Waals surface area contributed by atoms with Crippen LogP contribution >= 0.6 is 58.0 Å². The number of hydrogen-bond donors (Lipinski definition) is 1. The van der Waals surface area contributed by atoms with E-state index in [9.17, 15) is 18.0 Å². The van der Waals surface area contributed by atoms with Crippen LogP contribution < -0.4 is 9.62 Å². The standard InChI is InChI=1S/C24H28Cl5N3O4S/c1-5-21(24(34)30-11-14(2)3)31(12-15-6-7-16(25)17(26)8-15)23(33)13-32(37(4,35)36)22-10-19(28)18(27)9-20(22)29/h6-10,14,21H,5,11-13H2,1-4H3,(H,30,34). The number of benzene rings is 2. The Bertz CT molecular complexity index is 1260. The molecule has 37 heavy (non-hydrogen) atoms. The lowest BCUT2D eigenvalue weighted by Crippen LogP contribution is -2.52. The van der Waals surface area contributed by atoms with E-state index < -0.39 is 28.5 Å². The van der Waals surface area contributed by atoms with Gasteiger partial charge in [-0.05, 0) is 42.2 Å². The first-order valence-corrected chi connectivity index (χ1v) is 15.0. The average molecular weight is 632 g/mol. The van der Waals surface area contributed by atoms with Crippen LogP contribution in [-0.4, -0.2) is 50.5 Å². The van der Waals surface area contributed by atoms with Crippen LogP contribution in [0.5, 0.6) is 0 Å². The van der Waals surface area contributed by atoms with E-state index in [1.54, 1.807) is 25.1 Å². The number of amides is 2. The fourth-order valence-electron chi connectivity index (χ4n) is 3.47. The van der Waals surface area contributed by atoms with Crippen molar-refractivity contribution in [1.82, 2.24) is 10.2 Å². The number of nitrogens with zero attached hydrogens (tertiary/aromatic N) is 2. The van der Waals surface area contributed by atoms with Crippen molar-refractivity contribution in [2.75, 3.05) is 23.7 Å². The van der Waals surface area contributed by atoms with Crippen LogP contribution in [0.1, 0.15) is 32.8 Å². The van der Waals surface area contributed by atoms with Gasteiger partial charge in [0.15, 0.2) is 0 Å². The lowest BCUT2D eigenvalue weighted by molar-refractivity contribution is -0.140. The second-order valence-corrected chi connectivity index (χ2v) is 12.8. The highest BCUT2D eigenvalue weighted by Gasteiger charge is 2.32. The minimum atomic E-state index is -4.00. The fourth-order valence-corrected chi connectivity index (χ4v) is 5.34. The molecule has 0 fully saturated rings. The number of anilines is 1. The van der Waals surface area contributed by atoms with E-state index in [0.717, 1.165) is 10.6 Å². The largest absolute Gasteiger partial charge is 0.354 e. The number of sulfonamides is 1. The Balaban J connectivity index is 2.51. The van der Waals surface area contributed by atoms with E-state index in [-0.39, 0.29) is 50.6 Å². The minimum Gasteiger partial charge on any atom is -0.354 e. The first-order valence-electron chi connectivity index (χ1n) is 11.3. The summed E-state index contributed by atoms with van der Waals surface area (Å²) >= 11 is 30.6. The van der Waals surface area contributed by atoms with E-state index in [1.807, 2.05) is 13.8 Å². The quantitative estimate of drug-likeness (QED) is 0.295. The molecule has 204 valence electrons. The molecule has 1 unspecified atom stereocenters. The highest BCUT2D eigenvalue weighted by atomic mass is 35.5. The van der Waals surface area contributed by atoms with Crippen LogP contribution in [0, 0.1) is 5.92 Å². The fraction of sp³-hybridized carbons (Fsp3) is 0.417. The predicted octanol–water partition coefficient (Wildman–Crippen LogP) is 6.30. The van der Waals surface area contributed by atoms with Gasteiger partial charge in [0.2, 0.25) is 21.8 Å². The van der Waals surface area contributed by atoms with Crippen molar-refractivity contribution in [1.29, 1.82) is 0 Å². The van der Waals surface area contributed by atoms with Gasteiger partial charge in [0, 0.05) is 13.1 Å². The average Bonchev–Trinajstić information content (AvgIpc) is 2.80. The zero-order chi connectivity index (χ0) is 28.1. The Morgan fingerprint density at radius 2 is 1.51 bits per heavy atom. The summed E-state index contributed by atoms with van der Waals surface area (Å²) in [6.45, 7) is 5.43. The molecule has 0 heterocycles. The minimum absolute atomic E-state index is 0.00891. The highest BCUT2D eigenvalue weighted by molar-refractivity contribution is 7.92. The normalized spacial score (nSPS) is 12.4. The molecule has 13 heteroatoms. The van der Waals surface area contributed by atoms with Gasteiger partial charge in [-0.3, -0.25) is 13.9 Å². The van der Waals surface area contributed by atoms with Crippen LogP contribution in [0.15, 0.2) is 30.3 Å². The molecule has 1 N–H and O–H groups in total. The second-order valence-electron chi connectivity index (χ2n) is 8.82. The maximum atomic E-state index is 13.7. The van der Waals surface area contributed by atoms with Gasteiger partial charge in [-0.1, -0.05) is 84.8 Å². The Labute approximate surface area is 243 Å². The van der Waals surface area contributed by atoms with Gasteiger partial charge in [0.25, 0.3) is 0 Å². The van der Waals surface area contributed by atoms with E-state index >= 15 is 0 Å². The van der Waals surface area contributed by atoms with Gasteiger partial charge < -0.3 is 10.2 Å². The lowest BCUT2D eigenvalue weighted by Gasteiger charge is -2.33. The van der Waals surface area contributed by atoms with Gasteiger partial charge in [-0.15, -0.1) is 0 Å². The van der Waals surface area contributed by atoms with Gasteiger partial charge in [-0.2, -0.15) is 0 Å². The summed E-state index contributed by atoms with van der Waals surface area (Å²) in [5.74, 6) is -0.800. The van der Waals surface area contributed by atoms with Crippen molar-refractivity contribution in [3.05, 3.63) is 61.0 Å². The van der Waals surface area contributed by atoms with Crippen molar-refractivity contribution < 1.29 is 18.0 Å². The molecule has 0 radical (unpaired) electrons. The zero-order valence-electron chi connectivity index (χ0n) is 20.7. The third-order valence-electron chi connectivity index (χ3n) is 5.35. The number of rotatable bonds is 11. The molecule has 0 spiro atoms. The van der Waals surface area contributed by atoms with Gasteiger partial charge in [0.05, 0.1) is 37.1 Å². The molecule has 0 bridgehead atoms. The molecule has 2 aromatic rings. The van der Waals surface area contributed by atoms with Crippen LogP contribution in [0.3, 0.4) is 0 Å². The molecule has 2 aromatic carbocycles. The Morgan fingerprint density at radius 1 is 0.919 bits per heavy atom. The molecule has 2 amide bonds. The molecule has 0 aromatic heterocycles. The summed E-state index contributed by atoms with van der Waals surface area (Å²) in [6.07, 6.45) is 1.22. The van der Waals surface area contributed by atoms with Gasteiger partial charge in [-0.25, -0.2) is 8.42 Å². The molecule has 0 aliphatic heterocycles. The Morgan fingerprint density at radius 3 is 2.05 bits per heavy atom. The summed E-state index contributed by atoms with van der Waals surface area (Å²) in [4.78, 5) is 28.1. The van der Waals surface area contributed by atoms with Crippen molar-refractivity contribution >= 4 is 85.5 Å². The SMILES string of the molecule is CCC(C(=O)NCC(C)C)N(Cc1ccc(Cl)c(Cl)c1)C(=O)CN(c1cc(Cl)c(Cl)cc1Cl)S(C)(=O)=O. The summed E-state index contributed by atoms with van der Waals surface area (Å²) < 4.78 is 26.3. The Hall–Kier alpha value is -1.42. The van der Waals surface area contributed by atoms with Crippen molar-refractivity contribution in [3.8, 4) is 0 Å². The van der Waals surface area contributed by atoms with Gasteiger partial charge in [0.1, 0.15) is 12.6 Å². The summed E-state index contributed by atoms with van der Waals surface area (Å²) in [7, 11) is -4.00. The predicted molar refractivity (Wildman–Crippen MR) is 153 cm³/mol. The lowest BCUT2D eigenvalue weighted by atomic mass is 10.1. The Kier molecular flexibility index (Phi) is 11.7. The van der Waals surface area contributed by atoms with Crippen LogP contribution in [0.25, 0.3) is 0 Å². The van der Waals surface area contributed by atoms with Crippen molar-refractivity contribution in [2.45, 2.75) is 39.8 Å². The zero-order valence-corrected chi connectivity index (χ0v) is 25.3. The van der Waals surface area contributed by atoms with Crippen molar-refractivity contribution in [3.63, 3.8) is 0 Å². The summed E-state index contributed by atoms with van der Waals surface area (Å²) in [5, 5.41) is 3.65. The van der Waals surface area contributed by atoms with Crippen LogP contribution in [0.4, 0.5) is 5.69 Å². The van der Waals surface area contributed by atoms with Gasteiger partial charge >= 0.3 is 0 Å². The van der Waals surface area contributed by atoms with Crippen LogP contribution in [0.2, 0.25) is 25.1 Å². The number of halogens is 5. The number of carbonyl (C=O) groups is 2. The first-order chi connectivity index (χ1) is 17.1. The first kappa shape index (κ1) is 31.8. The maximum absolute atomic E-state index is 13.7. The molecule has 0 saturated heterocycles. The summed E-state index contributed by atoms with van der Waals surface area (Å²) in [6, 6.07) is 6.54. The third-order valence-corrected chi connectivity index (χ3v) is 8.24. The maximum Gasteiger partial charge on any atom is 0.244 e. The molecule has 7 nitrogen and oxygen atoms in total. The van der Waals surface area contributed by atoms with E-state index in [0.29, 0.717) is 17.1 Å².